The van der Waals surface area contributed by atoms with Gasteiger partial charge in [0.05, 0.1) is 22.6 Å². The average Bonchev–Trinajstić information content (AvgIpc) is 3.53. The van der Waals surface area contributed by atoms with E-state index in [1.54, 1.807) is 12.4 Å². The van der Waals surface area contributed by atoms with Gasteiger partial charge < -0.3 is 10.3 Å². The van der Waals surface area contributed by atoms with Gasteiger partial charge in [-0.1, -0.05) is 6.07 Å². The van der Waals surface area contributed by atoms with Crippen molar-refractivity contribution in [2.24, 2.45) is 0 Å². The zero-order valence-electron chi connectivity index (χ0n) is 18.7. The summed E-state index contributed by atoms with van der Waals surface area (Å²) in [5.41, 5.74) is 7.24. The van der Waals surface area contributed by atoms with E-state index in [0.29, 0.717) is 5.56 Å². The van der Waals surface area contributed by atoms with Gasteiger partial charge in [-0.2, -0.15) is 5.26 Å². The predicted molar refractivity (Wildman–Crippen MR) is 133 cm³/mol. The number of aromatic nitrogens is 3. The Morgan fingerprint density at radius 1 is 1.12 bits per heavy atom. The number of nitrogens with zero attached hydrogens (tertiary/aromatic N) is 4. The normalized spacial score (nSPS) is 14.2. The maximum Gasteiger partial charge on any atom is 0.103 e. The molecule has 1 saturated heterocycles. The highest BCUT2D eigenvalue weighted by molar-refractivity contribution is 5.90. The first-order valence-corrected chi connectivity index (χ1v) is 11.3. The van der Waals surface area contributed by atoms with Gasteiger partial charge in [0.2, 0.25) is 0 Å². The SMILES string of the molecule is Cc1c(Nc2c(C#N)cncc2C=Cc2cccc(CN3CCCC3)n2)ccc2[nH]ccc12. The van der Waals surface area contributed by atoms with Crippen LogP contribution in [0.5, 0.6) is 0 Å². The summed E-state index contributed by atoms with van der Waals surface area (Å²) in [6.07, 6.45) is 11.8. The fourth-order valence-corrected chi connectivity index (χ4v) is 4.41. The Hall–Kier alpha value is -3.95. The van der Waals surface area contributed by atoms with E-state index in [2.05, 4.69) is 51.4 Å². The molecular formula is C27H26N6. The monoisotopic (exact) mass is 434 g/mol. The molecule has 0 radical (unpaired) electrons. The molecule has 3 aromatic heterocycles. The number of rotatable bonds is 6. The lowest BCUT2D eigenvalue weighted by molar-refractivity contribution is 0.327. The summed E-state index contributed by atoms with van der Waals surface area (Å²) in [6, 6.07) is 14.6. The predicted octanol–water partition coefficient (Wildman–Crippen LogP) is 5.65. The van der Waals surface area contributed by atoms with Crippen LogP contribution in [-0.2, 0) is 6.54 Å². The van der Waals surface area contributed by atoms with Crippen molar-refractivity contribution < 1.29 is 0 Å². The van der Waals surface area contributed by atoms with Crippen LogP contribution in [0.3, 0.4) is 0 Å². The number of hydrogen-bond acceptors (Lipinski definition) is 5. The molecule has 4 aromatic rings. The van der Waals surface area contributed by atoms with Crippen LogP contribution in [-0.4, -0.2) is 32.9 Å². The third-order valence-electron chi connectivity index (χ3n) is 6.21. The topological polar surface area (TPSA) is 80.6 Å². The first-order chi connectivity index (χ1) is 16.2. The lowest BCUT2D eigenvalue weighted by atomic mass is 10.1. The molecule has 1 aliphatic heterocycles. The number of pyridine rings is 2. The van der Waals surface area contributed by atoms with E-state index in [1.807, 2.05) is 36.5 Å². The summed E-state index contributed by atoms with van der Waals surface area (Å²) >= 11 is 0. The lowest BCUT2D eigenvalue weighted by Crippen LogP contribution is -2.19. The van der Waals surface area contributed by atoms with Gasteiger partial charge in [0.25, 0.3) is 0 Å². The number of H-pyrrole nitrogens is 1. The molecule has 2 N–H and O–H groups in total. The van der Waals surface area contributed by atoms with E-state index < -0.39 is 0 Å². The minimum Gasteiger partial charge on any atom is -0.361 e. The fourth-order valence-electron chi connectivity index (χ4n) is 4.41. The molecule has 164 valence electrons. The van der Waals surface area contributed by atoms with Gasteiger partial charge in [0.15, 0.2) is 0 Å². The molecule has 6 heteroatoms. The van der Waals surface area contributed by atoms with Crippen molar-refractivity contribution in [3.63, 3.8) is 0 Å². The van der Waals surface area contributed by atoms with Crippen molar-refractivity contribution in [1.29, 1.82) is 5.26 Å². The van der Waals surface area contributed by atoms with Gasteiger partial charge in [0, 0.05) is 47.3 Å². The molecule has 0 aliphatic carbocycles. The van der Waals surface area contributed by atoms with Crippen LogP contribution in [0.25, 0.3) is 23.1 Å². The molecule has 0 bridgehead atoms. The minimum absolute atomic E-state index is 0.501. The van der Waals surface area contributed by atoms with Crippen LogP contribution in [0.2, 0.25) is 0 Å². The second kappa shape index (κ2) is 9.27. The number of aromatic amines is 1. The summed E-state index contributed by atoms with van der Waals surface area (Å²) in [6.45, 7) is 5.27. The summed E-state index contributed by atoms with van der Waals surface area (Å²) < 4.78 is 0. The van der Waals surface area contributed by atoms with E-state index >= 15 is 0 Å². The van der Waals surface area contributed by atoms with Gasteiger partial charge in [-0.05, 0) is 80.9 Å². The van der Waals surface area contributed by atoms with Crippen molar-refractivity contribution in [2.75, 3.05) is 18.4 Å². The molecule has 1 fully saturated rings. The Kier molecular flexibility index (Phi) is 5.88. The molecule has 4 heterocycles. The molecular weight excluding hydrogens is 408 g/mol. The maximum absolute atomic E-state index is 9.71. The van der Waals surface area contributed by atoms with E-state index in [4.69, 9.17) is 4.98 Å². The number of hydrogen-bond donors (Lipinski definition) is 2. The Morgan fingerprint density at radius 2 is 2.00 bits per heavy atom. The van der Waals surface area contributed by atoms with Crippen molar-refractivity contribution in [1.82, 2.24) is 19.9 Å². The molecule has 0 atom stereocenters. The molecule has 0 saturated carbocycles. The Balaban J connectivity index is 1.43. The second-order valence-electron chi connectivity index (χ2n) is 8.44. The largest absolute Gasteiger partial charge is 0.361 e. The highest BCUT2D eigenvalue weighted by Gasteiger charge is 2.13. The van der Waals surface area contributed by atoms with Gasteiger partial charge in [0.1, 0.15) is 6.07 Å². The van der Waals surface area contributed by atoms with Gasteiger partial charge >= 0.3 is 0 Å². The van der Waals surface area contributed by atoms with Crippen molar-refractivity contribution in [2.45, 2.75) is 26.3 Å². The van der Waals surface area contributed by atoms with Crippen LogP contribution >= 0.6 is 0 Å². The van der Waals surface area contributed by atoms with Gasteiger partial charge in [-0.25, -0.2) is 0 Å². The number of aryl methyl sites for hydroxylation is 1. The third-order valence-corrected chi connectivity index (χ3v) is 6.21. The van der Waals surface area contributed by atoms with Crippen LogP contribution in [0.15, 0.2) is 55.0 Å². The van der Waals surface area contributed by atoms with Crippen molar-refractivity contribution in [3.05, 3.63) is 83.1 Å². The molecule has 0 spiro atoms. The summed E-state index contributed by atoms with van der Waals surface area (Å²) in [5, 5.41) is 14.3. The molecule has 0 amide bonds. The lowest BCUT2D eigenvalue weighted by Gasteiger charge is -2.14. The zero-order chi connectivity index (χ0) is 22.6. The molecule has 1 aliphatic rings. The second-order valence-corrected chi connectivity index (χ2v) is 8.44. The van der Waals surface area contributed by atoms with E-state index in [0.717, 1.165) is 64.4 Å². The van der Waals surface area contributed by atoms with Crippen LogP contribution in [0.4, 0.5) is 11.4 Å². The van der Waals surface area contributed by atoms with Crippen LogP contribution < -0.4 is 5.32 Å². The summed E-state index contributed by atoms with van der Waals surface area (Å²) in [5.74, 6) is 0. The first-order valence-electron chi connectivity index (χ1n) is 11.3. The number of benzene rings is 1. The number of nitriles is 1. The summed E-state index contributed by atoms with van der Waals surface area (Å²) in [4.78, 5) is 14.8. The Bertz CT molecular complexity index is 1350. The number of likely N-dealkylation sites (tertiary alicyclic amines) is 1. The highest BCUT2D eigenvalue weighted by atomic mass is 15.1. The number of nitrogens with one attached hydrogen (secondary N) is 2. The maximum atomic E-state index is 9.71. The van der Waals surface area contributed by atoms with Gasteiger partial charge in [-0.3, -0.25) is 14.9 Å². The molecule has 1 aromatic carbocycles. The first kappa shape index (κ1) is 20.9. The molecule has 5 rings (SSSR count). The van der Waals surface area contributed by atoms with Crippen molar-refractivity contribution >= 4 is 34.4 Å². The van der Waals surface area contributed by atoms with Crippen molar-refractivity contribution in [3.8, 4) is 6.07 Å². The smallest absolute Gasteiger partial charge is 0.103 e. The standard InChI is InChI=1S/C27H26N6/c1-19-24-11-12-30-26(24)10-9-25(19)32-27-20(16-29-17-21(27)15-28)7-8-22-5-4-6-23(31-22)18-33-13-2-3-14-33/h4-12,16-17,30H,2-3,13-14,18H2,1H3,(H,29,32). The zero-order valence-corrected chi connectivity index (χ0v) is 18.7. The third kappa shape index (κ3) is 4.50. The Labute approximate surface area is 193 Å². The number of anilines is 2. The quantitative estimate of drug-likeness (QED) is 0.410. The van der Waals surface area contributed by atoms with E-state index in [9.17, 15) is 5.26 Å². The molecule has 0 unspecified atom stereocenters. The highest BCUT2D eigenvalue weighted by Crippen LogP contribution is 2.31. The Morgan fingerprint density at radius 3 is 2.85 bits per heavy atom. The van der Waals surface area contributed by atoms with Crippen LogP contribution in [0, 0.1) is 18.3 Å². The van der Waals surface area contributed by atoms with Crippen LogP contribution in [0.1, 0.15) is 40.9 Å². The van der Waals surface area contributed by atoms with E-state index in [-0.39, 0.29) is 0 Å². The number of fused-ring (bicyclic) bond motifs is 1. The fraction of sp³-hybridized carbons (Fsp3) is 0.222. The average molecular weight is 435 g/mol. The molecule has 6 nitrogen and oxygen atoms in total. The van der Waals surface area contributed by atoms with E-state index in [1.165, 1.54) is 12.8 Å². The summed E-state index contributed by atoms with van der Waals surface area (Å²) in [7, 11) is 0. The van der Waals surface area contributed by atoms with Gasteiger partial charge in [-0.15, -0.1) is 0 Å². The molecule has 33 heavy (non-hydrogen) atoms. The minimum atomic E-state index is 0.501.